The predicted molar refractivity (Wildman–Crippen MR) is 73.8 cm³/mol. The van der Waals surface area contributed by atoms with Gasteiger partial charge >= 0.3 is 5.97 Å². The van der Waals surface area contributed by atoms with Crippen LogP contribution in [0.25, 0.3) is 0 Å². The summed E-state index contributed by atoms with van der Waals surface area (Å²) in [7, 11) is 0. The van der Waals surface area contributed by atoms with Gasteiger partial charge in [-0.2, -0.15) is 0 Å². The molecule has 5 heteroatoms. The second kappa shape index (κ2) is 5.50. The van der Waals surface area contributed by atoms with E-state index in [0.29, 0.717) is 11.5 Å². The third-order valence-corrected chi connectivity index (χ3v) is 4.36. The molecule has 3 rings (SSSR count). The Balaban J connectivity index is 1.64. The fraction of sp³-hybridized carbons (Fsp3) is 0.600. The number of carboxylic acids is 1. The molecule has 20 heavy (non-hydrogen) atoms. The van der Waals surface area contributed by atoms with E-state index >= 15 is 0 Å². The molecule has 3 heterocycles. The monoisotopic (exact) mass is 276 g/mol. The fourth-order valence-corrected chi connectivity index (χ4v) is 3.32. The second-order valence-electron chi connectivity index (χ2n) is 5.86. The summed E-state index contributed by atoms with van der Waals surface area (Å²) in [6.07, 6.45) is 5.59. The van der Waals surface area contributed by atoms with E-state index in [4.69, 9.17) is 9.84 Å². The third kappa shape index (κ3) is 2.83. The first-order chi connectivity index (χ1) is 9.67. The summed E-state index contributed by atoms with van der Waals surface area (Å²) in [5.41, 5.74) is 1.22. The van der Waals surface area contributed by atoms with Gasteiger partial charge in [0.1, 0.15) is 0 Å². The highest BCUT2D eigenvalue weighted by molar-refractivity contribution is 5.87. The van der Waals surface area contributed by atoms with Gasteiger partial charge in [0.15, 0.2) is 0 Å². The molecule has 5 nitrogen and oxygen atoms in total. The lowest BCUT2D eigenvalue weighted by atomic mass is 9.84. The largest absolute Gasteiger partial charge is 0.478 e. The van der Waals surface area contributed by atoms with Crippen LogP contribution in [0.1, 0.15) is 35.3 Å². The Labute approximate surface area is 118 Å². The zero-order chi connectivity index (χ0) is 14.0. The van der Waals surface area contributed by atoms with Gasteiger partial charge in [0.05, 0.1) is 17.8 Å². The van der Waals surface area contributed by atoms with Crippen LogP contribution >= 0.6 is 0 Å². The van der Waals surface area contributed by atoms with E-state index in [1.807, 2.05) is 0 Å². The number of ether oxygens (including phenoxy) is 1. The summed E-state index contributed by atoms with van der Waals surface area (Å²) in [5, 5.41) is 12.4. The number of carbonyl (C=O) groups is 1. The van der Waals surface area contributed by atoms with Gasteiger partial charge in [-0.3, -0.25) is 4.98 Å². The Morgan fingerprint density at radius 2 is 2.30 bits per heavy atom. The molecule has 1 aromatic heterocycles. The molecule has 1 atom stereocenters. The lowest BCUT2D eigenvalue weighted by Gasteiger charge is -2.33. The van der Waals surface area contributed by atoms with Gasteiger partial charge in [0.2, 0.25) is 0 Å². The number of hydrogen-bond acceptors (Lipinski definition) is 4. The maximum Gasteiger partial charge on any atom is 0.335 e. The van der Waals surface area contributed by atoms with Gasteiger partial charge in [0.25, 0.3) is 0 Å². The lowest BCUT2D eigenvalue weighted by molar-refractivity contribution is -0.0196. The average Bonchev–Trinajstić information content (AvgIpc) is 2.82. The van der Waals surface area contributed by atoms with Crippen LogP contribution in [0.5, 0.6) is 0 Å². The molecule has 1 spiro atoms. The van der Waals surface area contributed by atoms with Gasteiger partial charge in [-0.15, -0.1) is 0 Å². The summed E-state index contributed by atoms with van der Waals surface area (Å²) < 4.78 is 6.06. The van der Waals surface area contributed by atoms with Gasteiger partial charge < -0.3 is 15.2 Å². The van der Waals surface area contributed by atoms with Crippen molar-refractivity contribution in [1.29, 1.82) is 0 Å². The summed E-state index contributed by atoms with van der Waals surface area (Å²) in [4.78, 5) is 15.3. The Kier molecular flexibility index (Phi) is 3.72. The van der Waals surface area contributed by atoms with Crippen molar-refractivity contribution < 1.29 is 14.6 Å². The van der Waals surface area contributed by atoms with Crippen LogP contribution in [0.4, 0.5) is 0 Å². The average molecular weight is 276 g/mol. The van der Waals surface area contributed by atoms with Crippen LogP contribution in [0.2, 0.25) is 0 Å². The fourth-order valence-electron chi connectivity index (χ4n) is 3.32. The molecular weight excluding hydrogens is 256 g/mol. The Morgan fingerprint density at radius 1 is 1.50 bits per heavy atom. The van der Waals surface area contributed by atoms with E-state index in [1.54, 1.807) is 12.3 Å². The maximum absolute atomic E-state index is 11.0. The van der Waals surface area contributed by atoms with E-state index in [2.05, 4.69) is 10.3 Å². The summed E-state index contributed by atoms with van der Waals surface area (Å²) >= 11 is 0. The molecule has 2 aliphatic rings. The van der Waals surface area contributed by atoms with Gasteiger partial charge in [-0.1, -0.05) is 0 Å². The molecule has 0 unspecified atom stereocenters. The maximum atomic E-state index is 11.0. The molecule has 0 amide bonds. The Bertz CT molecular complexity index is 498. The van der Waals surface area contributed by atoms with E-state index in [1.165, 1.54) is 6.07 Å². The zero-order valence-corrected chi connectivity index (χ0v) is 11.5. The summed E-state index contributed by atoms with van der Waals surface area (Å²) in [6.45, 7) is 2.82. The van der Waals surface area contributed by atoms with Crippen LogP contribution in [0.15, 0.2) is 18.3 Å². The first-order valence-corrected chi connectivity index (χ1v) is 7.20. The number of nitrogens with one attached hydrogen (secondary N) is 1. The van der Waals surface area contributed by atoms with Crippen molar-refractivity contribution in [1.82, 2.24) is 10.3 Å². The van der Waals surface area contributed by atoms with Gasteiger partial charge in [0, 0.05) is 11.9 Å². The molecular formula is C15H20N2O3. The van der Waals surface area contributed by atoms with Gasteiger partial charge in [-0.25, -0.2) is 4.79 Å². The molecule has 2 fully saturated rings. The van der Waals surface area contributed by atoms with Crippen molar-refractivity contribution >= 4 is 5.97 Å². The topological polar surface area (TPSA) is 71.5 Å². The number of rotatable bonds is 3. The minimum atomic E-state index is -0.897. The SMILES string of the molecule is O=C(O)c1ccnc(C[C@H]2COC3(CCNCC3)C2)c1. The standard InChI is InChI=1S/C15H20N2O3/c18-14(19)12-1-4-17-13(8-12)7-11-9-15(20-10-11)2-5-16-6-3-15/h1,4,8,11,16H,2-3,5-7,9-10H2,(H,18,19)/t11-/m1/s1. The van der Waals surface area contributed by atoms with Crippen molar-refractivity contribution in [2.75, 3.05) is 19.7 Å². The molecule has 0 bridgehead atoms. The highest BCUT2D eigenvalue weighted by Crippen LogP contribution is 2.38. The van der Waals surface area contributed by atoms with E-state index in [0.717, 1.165) is 51.1 Å². The number of nitrogens with zero attached hydrogens (tertiary/aromatic N) is 1. The lowest BCUT2D eigenvalue weighted by Crippen LogP contribution is -2.41. The Hall–Kier alpha value is -1.46. The number of carboxylic acid groups (broad SMARTS) is 1. The first-order valence-electron chi connectivity index (χ1n) is 7.20. The summed E-state index contributed by atoms with van der Waals surface area (Å²) in [6, 6.07) is 3.21. The number of hydrogen-bond donors (Lipinski definition) is 2. The highest BCUT2D eigenvalue weighted by atomic mass is 16.5. The number of aromatic nitrogens is 1. The van der Waals surface area contributed by atoms with Crippen LogP contribution in [0.3, 0.4) is 0 Å². The molecule has 0 radical (unpaired) electrons. The van der Waals surface area contributed by atoms with Crippen LogP contribution in [0, 0.1) is 5.92 Å². The molecule has 2 aliphatic heterocycles. The molecule has 0 aliphatic carbocycles. The highest BCUT2D eigenvalue weighted by Gasteiger charge is 2.41. The molecule has 0 aromatic carbocycles. The minimum absolute atomic E-state index is 0.0559. The van der Waals surface area contributed by atoms with Crippen LogP contribution in [-0.2, 0) is 11.2 Å². The molecule has 2 N–H and O–H groups in total. The second-order valence-corrected chi connectivity index (χ2v) is 5.86. The predicted octanol–water partition coefficient (Wildman–Crippen LogP) is 1.48. The van der Waals surface area contributed by atoms with E-state index in [-0.39, 0.29) is 5.60 Å². The summed E-state index contributed by atoms with van der Waals surface area (Å²) in [5.74, 6) is -0.448. The minimum Gasteiger partial charge on any atom is -0.478 e. The third-order valence-electron chi connectivity index (χ3n) is 4.36. The molecule has 1 aromatic rings. The van der Waals surface area contributed by atoms with Crippen molar-refractivity contribution in [3.63, 3.8) is 0 Å². The Morgan fingerprint density at radius 3 is 3.05 bits per heavy atom. The van der Waals surface area contributed by atoms with Crippen molar-refractivity contribution in [3.05, 3.63) is 29.6 Å². The van der Waals surface area contributed by atoms with Crippen molar-refractivity contribution in [2.24, 2.45) is 5.92 Å². The molecule has 108 valence electrons. The van der Waals surface area contributed by atoms with Crippen molar-refractivity contribution in [2.45, 2.75) is 31.3 Å². The zero-order valence-electron chi connectivity index (χ0n) is 11.5. The van der Waals surface area contributed by atoms with E-state index < -0.39 is 5.97 Å². The van der Waals surface area contributed by atoms with Crippen LogP contribution < -0.4 is 5.32 Å². The van der Waals surface area contributed by atoms with Gasteiger partial charge in [-0.05, 0) is 56.8 Å². The number of piperidine rings is 1. The normalized spacial score (nSPS) is 24.9. The first kappa shape index (κ1) is 13.5. The smallest absolute Gasteiger partial charge is 0.335 e. The number of aromatic carboxylic acids is 1. The van der Waals surface area contributed by atoms with Crippen LogP contribution in [-0.4, -0.2) is 41.4 Å². The van der Waals surface area contributed by atoms with Crippen molar-refractivity contribution in [3.8, 4) is 0 Å². The number of pyridine rings is 1. The molecule has 2 saturated heterocycles. The molecule has 0 saturated carbocycles. The van der Waals surface area contributed by atoms with E-state index in [9.17, 15) is 4.79 Å². The quantitative estimate of drug-likeness (QED) is 0.875.